The first-order valence-electron chi connectivity index (χ1n) is 34.6. The van der Waals surface area contributed by atoms with E-state index >= 15 is 0 Å². The van der Waals surface area contributed by atoms with Crippen LogP contribution in [-0.2, 0) is 32.7 Å². The normalized spacial score (nSPS) is 13.6. The summed E-state index contributed by atoms with van der Waals surface area (Å²) in [7, 11) is 1.18. The highest BCUT2D eigenvalue weighted by atomic mass is 31.2. The Morgan fingerprint density at radius 2 is 0.695 bits per heavy atom. The molecule has 0 aliphatic rings. The molecule has 82 heavy (non-hydrogen) atoms. The van der Waals surface area contributed by atoms with E-state index in [0.717, 1.165) is 77.0 Å². The standard InChI is InChI=1S/C72H132NO8P/c1-6-8-10-12-14-16-18-20-22-24-26-27-28-29-30-31-32-33-34-35-36-37-38-39-40-41-42-43-44-45-47-49-51-53-55-57-59-61-63-65-72(75)81-70(69-80-82(76,77)79-67-66-73(3,4)5)68-78-71(74)64-62-60-58-56-54-52-50-48-46-25-23-21-19-17-15-13-11-9-7-2/h8,10,14,16,20,22,26-27,29-30,32-33,70H,6-7,9,11-13,15,17-19,21,23-25,28,31,34-69H2,1-5H3/b10-8-,16-14-,22-20-,27-26-,30-29-,33-32-. The second-order valence-corrected chi connectivity index (χ2v) is 25.9. The molecule has 9 nitrogen and oxygen atoms in total. The van der Waals surface area contributed by atoms with Crippen molar-refractivity contribution in [2.75, 3.05) is 47.5 Å². The molecule has 478 valence electrons. The van der Waals surface area contributed by atoms with Gasteiger partial charge in [0.1, 0.15) is 19.8 Å². The number of allylic oxidation sites excluding steroid dienone is 12. The number of esters is 2. The number of ether oxygens (including phenoxy) is 2. The monoisotopic (exact) mass is 1170 g/mol. The molecular weight excluding hydrogens is 1040 g/mol. The molecule has 0 aromatic heterocycles. The fraction of sp³-hybridized carbons (Fsp3) is 0.806. The highest BCUT2D eigenvalue weighted by molar-refractivity contribution is 7.45. The van der Waals surface area contributed by atoms with Crippen LogP contribution in [0.15, 0.2) is 72.9 Å². The fourth-order valence-corrected chi connectivity index (χ4v) is 10.7. The summed E-state index contributed by atoms with van der Waals surface area (Å²) < 4.78 is 34.3. The molecule has 0 N–H and O–H groups in total. The van der Waals surface area contributed by atoms with Crippen molar-refractivity contribution in [2.24, 2.45) is 0 Å². The van der Waals surface area contributed by atoms with E-state index in [0.29, 0.717) is 17.4 Å². The van der Waals surface area contributed by atoms with E-state index in [9.17, 15) is 19.0 Å². The third-order valence-corrected chi connectivity index (χ3v) is 16.2. The van der Waals surface area contributed by atoms with Crippen LogP contribution in [0.4, 0.5) is 0 Å². The van der Waals surface area contributed by atoms with Crippen LogP contribution in [0.2, 0.25) is 0 Å². The van der Waals surface area contributed by atoms with Gasteiger partial charge in [-0.05, 0) is 64.2 Å². The van der Waals surface area contributed by atoms with Gasteiger partial charge in [-0.2, -0.15) is 0 Å². The van der Waals surface area contributed by atoms with Gasteiger partial charge in [0.15, 0.2) is 6.10 Å². The van der Waals surface area contributed by atoms with Gasteiger partial charge in [-0.3, -0.25) is 14.2 Å². The van der Waals surface area contributed by atoms with E-state index in [1.807, 2.05) is 21.1 Å². The summed E-state index contributed by atoms with van der Waals surface area (Å²) in [5.41, 5.74) is 0. The zero-order valence-electron chi connectivity index (χ0n) is 54.4. The van der Waals surface area contributed by atoms with E-state index in [1.165, 1.54) is 212 Å². The van der Waals surface area contributed by atoms with Crippen molar-refractivity contribution in [2.45, 2.75) is 328 Å². The maximum atomic E-state index is 12.9. The van der Waals surface area contributed by atoms with E-state index in [-0.39, 0.29) is 32.0 Å². The number of carbonyl (C=O) groups excluding carboxylic acids is 2. The topological polar surface area (TPSA) is 111 Å². The second-order valence-electron chi connectivity index (χ2n) is 24.5. The molecule has 0 amide bonds. The van der Waals surface area contributed by atoms with Gasteiger partial charge in [-0.15, -0.1) is 0 Å². The van der Waals surface area contributed by atoms with Gasteiger partial charge in [0.25, 0.3) is 7.82 Å². The first-order chi connectivity index (χ1) is 40.0. The molecule has 0 aromatic carbocycles. The van der Waals surface area contributed by atoms with Gasteiger partial charge in [-0.25, -0.2) is 0 Å². The number of likely N-dealkylation sites (N-methyl/N-ethyl adjacent to an activating group) is 1. The number of carbonyl (C=O) groups is 2. The van der Waals surface area contributed by atoms with Crippen LogP contribution < -0.4 is 4.89 Å². The molecule has 0 heterocycles. The minimum absolute atomic E-state index is 0.0290. The Morgan fingerprint density at radius 1 is 0.390 bits per heavy atom. The largest absolute Gasteiger partial charge is 0.756 e. The smallest absolute Gasteiger partial charge is 0.306 e. The maximum absolute atomic E-state index is 12.9. The summed E-state index contributed by atoms with van der Waals surface area (Å²) >= 11 is 0. The van der Waals surface area contributed by atoms with Crippen molar-refractivity contribution in [3.63, 3.8) is 0 Å². The van der Waals surface area contributed by atoms with Crippen molar-refractivity contribution < 1.29 is 42.1 Å². The van der Waals surface area contributed by atoms with Crippen molar-refractivity contribution >= 4 is 19.8 Å². The van der Waals surface area contributed by atoms with Gasteiger partial charge in [0.2, 0.25) is 0 Å². The molecule has 2 atom stereocenters. The lowest BCUT2D eigenvalue weighted by Crippen LogP contribution is -2.37. The Bertz CT molecular complexity index is 1610. The number of hydrogen-bond acceptors (Lipinski definition) is 8. The van der Waals surface area contributed by atoms with E-state index in [1.54, 1.807) is 0 Å². The van der Waals surface area contributed by atoms with Crippen LogP contribution in [0.5, 0.6) is 0 Å². The Hall–Kier alpha value is -2.55. The van der Waals surface area contributed by atoms with Crippen molar-refractivity contribution in [3.8, 4) is 0 Å². The number of nitrogens with zero attached hydrogens (tertiary/aromatic N) is 1. The number of phosphoric ester groups is 1. The van der Waals surface area contributed by atoms with E-state index < -0.39 is 26.5 Å². The number of quaternary nitrogens is 1. The third-order valence-electron chi connectivity index (χ3n) is 15.2. The van der Waals surface area contributed by atoms with Gasteiger partial charge < -0.3 is 27.9 Å². The molecule has 0 aliphatic heterocycles. The van der Waals surface area contributed by atoms with Crippen LogP contribution in [0, 0.1) is 0 Å². The molecular formula is C72H132NO8P. The van der Waals surface area contributed by atoms with Crippen LogP contribution in [0.25, 0.3) is 0 Å². The summed E-state index contributed by atoms with van der Waals surface area (Å²) in [5, 5.41) is 0. The lowest BCUT2D eigenvalue weighted by molar-refractivity contribution is -0.870. The summed E-state index contributed by atoms with van der Waals surface area (Å²) in [6.45, 7) is 4.18. The first-order valence-corrected chi connectivity index (χ1v) is 36.1. The molecule has 0 bridgehead atoms. The molecule has 0 fully saturated rings. The third kappa shape index (κ3) is 66.6. The summed E-state index contributed by atoms with van der Waals surface area (Å²) in [4.78, 5) is 38.0. The molecule has 0 saturated carbocycles. The molecule has 0 radical (unpaired) electrons. The van der Waals surface area contributed by atoms with E-state index in [2.05, 4.69) is 86.8 Å². The second kappa shape index (κ2) is 63.0. The van der Waals surface area contributed by atoms with Crippen LogP contribution in [0.1, 0.15) is 322 Å². The Morgan fingerprint density at radius 3 is 1.04 bits per heavy atom. The summed E-state index contributed by atoms with van der Waals surface area (Å²) in [6.07, 6.45) is 84.1. The average Bonchev–Trinajstić information content (AvgIpc) is 3.46. The van der Waals surface area contributed by atoms with Crippen LogP contribution in [-0.4, -0.2) is 70.0 Å². The number of unbranched alkanes of at least 4 members (excludes halogenated alkanes) is 38. The average molecular weight is 1170 g/mol. The van der Waals surface area contributed by atoms with Gasteiger partial charge in [0, 0.05) is 12.8 Å². The molecule has 0 aliphatic carbocycles. The SMILES string of the molecule is CC/C=C\C/C=C\C/C=C\C/C=C\C/C=C\C/C=C\CCCCCCCCCCCCCCCCCCCCCCC(=O)OC(COC(=O)CCCCCCCCCCCCCCCCCCCCC)COP(=O)([O-])OCC[N+](C)(C)C. The van der Waals surface area contributed by atoms with E-state index in [4.69, 9.17) is 18.5 Å². The zero-order valence-corrected chi connectivity index (χ0v) is 55.3. The maximum Gasteiger partial charge on any atom is 0.306 e. The summed E-state index contributed by atoms with van der Waals surface area (Å²) in [5.74, 6) is -0.815. The molecule has 2 unspecified atom stereocenters. The minimum Gasteiger partial charge on any atom is -0.756 e. The van der Waals surface area contributed by atoms with Crippen LogP contribution >= 0.6 is 7.82 Å². The molecule has 0 aromatic rings. The first kappa shape index (κ1) is 79.5. The molecule has 0 rings (SSSR count). The van der Waals surface area contributed by atoms with Crippen molar-refractivity contribution in [1.82, 2.24) is 0 Å². The van der Waals surface area contributed by atoms with Gasteiger partial charge in [-0.1, -0.05) is 318 Å². The summed E-state index contributed by atoms with van der Waals surface area (Å²) in [6, 6.07) is 0. The lowest BCUT2D eigenvalue weighted by atomic mass is 10.0. The molecule has 10 heteroatoms. The minimum atomic E-state index is -4.64. The van der Waals surface area contributed by atoms with Gasteiger partial charge in [0.05, 0.1) is 27.7 Å². The van der Waals surface area contributed by atoms with Gasteiger partial charge >= 0.3 is 11.9 Å². The number of hydrogen-bond donors (Lipinski definition) is 0. The zero-order chi connectivity index (χ0) is 59.8. The number of rotatable bonds is 64. The Balaban J connectivity index is 3.95. The van der Waals surface area contributed by atoms with Crippen LogP contribution in [0.3, 0.4) is 0 Å². The predicted octanol–water partition coefficient (Wildman–Crippen LogP) is 21.8. The Kier molecular flexibility index (Phi) is 61.0. The van der Waals surface area contributed by atoms with Crippen molar-refractivity contribution in [3.05, 3.63) is 72.9 Å². The molecule has 0 saturated heterocycles. The quantitative estimate of drug-likeness (QED) is 0.0195. The predicted molar refractivity (Wildman–Crippen MR) is 351 cm³/mol. The fourth-order valence-electron chi connectivity index (χ4n) is 9.96. The lowest BCUT2D eigenvalue weighted by Gasteiger charge is -2.28. The highest BCUT2D eigenvalue weighted by Crippen LogP contribution is 2.38. The Labute approximate surface area is 508 Å². The number of phosphoric acid groups is 1. The molecule has 0 spiro atoms. The highest BCUT2D eigenvalue weighted by Gasteiger charge is 2.22. The van der Waals surface area contributed by atoms with Crippen molar-refractivity contribution in [1.29, 1.82) is 0 Å².